The zero-order valence-electron chi connectivity index (χ0n) is 21.6. The summed E-state index contributed by atoms with van der Waals surface area (Å²) in [6.45, 7) is 8.74. The first-order valence-electron chi connectivity index (χ1n) is 11.9. The Labute approximate surface area is 210 Å². The molecule has 2 aromatic carbocycles. The number of benzene rings is 2. The topological polar surface area (TPSA) is 112 Å². The number of ketones is 1. The van der Waals surface area contributed by atoms with Gasteiger partial charge in [0.15, 0.2) is 11.5 Å². The number of likely N-dealkylation sites (N-methyl/N-ethyl adjacent to an activating group) is 1. The molecule has 4 rings (SSSR count). The lowest BCUT2D eigenvalue weighted by Gasteiger charge is -2.32. The third-order valence-corrected chi connectivity index (χ3v) is 6.44. The van der Waals surface area contributed by atoms with Gasteiger partial charge in [0.05, 0.1) is 24.4 Å². The van der Waals surface area contributed by atoms with Crippen molar-refractivity contribution < 1.29 is 23.9 Å². The summed E-state index contributed by atoms with van der Waals surface area (Å²) in [6.07, 6.45) is 0. The van der Waals surface area contributed by atoms with Crippen LogP contribution in [-0.2, 0) is 16.8 Å². The molecule has 0 bridgehead atoms. The van der Waals surface area contributed by atoms with Crippen molar-refractivity contribution in [2.75, 3.05) is 38.7 Å². The van der Waals surface area contributed by atoms with Gasteiger partial charge in [-0.3, -0.25) is 15.0 Å². The molecule has 190 valence electrons. The van der Waals surface area contributed by atoms with Crippen molar-refractivity contribution in [2.24, 2.45) is 0 Å². The van der Waals surface area contributed by atoms with Crippen molar-refractivity contribution in [1.82, 2.24) is 10.2 Å². The van der Waals surface area contributed by atoms with E-state index < -0.39 is 0 Å². The van der Waals surface area contributed by atoms with Gasteiger partial charge in [-0.05, 0) is 42.2 Å². The number of anilines is 1. The van der Waals surface area contributed by atoms with E-state index in [-0.39, 0.29) is 42.0 Å². The predicted molar refractivity (Wildman–Crippen MR) is 137 cm³/mol. The summed E-state index contributed by atoms with van der Waals surface area (Å²) in [5, 5.41) is 11.3. The Bertz CT molecular complexity index is 1280. The van der Waals surface area contributed by atoms with E-state index in [0.717, 1.165) is 11.1 Å². The van der Waals surface area contributed by atoms with Crippen LogP contribution in [0.2, 0.25) is 0 Å². The van der Waals surface area contributed by atoms with E-state index in [2.05, 4.69) is 5.32 Å². The SMILES string of the molecule is CCOc1cc2c(cc1C(=O)NC)C(=N)N(CC(=O)c1cc3c(c(C(C)(C)C)c1)OC(=O)CN3C)C2. The number of Topliss-reactive ketones (excluding diaryl/α,β-unsaturated/α-hetero) is 1. The fourth-order valence-electron chi connectivity index (χ4n) is 4.56. The van der Waals surface area contributed by atoms with Gasteiger partial charge in [0.1, 0.15) is 18.1 Å². The average molecular weight is 493 g/mol. The maximum absolute atomic E-state index is 13.5. The Morgan fingerprint density at radius 3 is 2.53 bits per heavy atom. The zero-order chi connectivity index (χ0) is 26.4. The largest absolute Gasteiger partial charge is 0.493 e. The molecule has 0 aliphatic carbocycles. The zero-order valence-corrected chi connectivity index (χ0v) is 21.6. The van der Waals surface area contributed by atoms with Crippen molar-refractivity contribution in [1.29, 1.82) is 5.41 Å². The number of esters is 1. The maximum Gasteiger partial charge on any atom is 0.331 e. The molecule has 36 heavy (non-hydrogen) atoms. The van der Waals surface area contributed by atoms with Gasteiger partial charge in [-0.25, -0.2) is 4.79 Å². The molecule has 1 amide bonds. The van der Waals surface area contributed by atoms with E-state index in [4.69, 9.17) is 14.9 Å². The summed E-state index contributed by atoms with van der Waals surface area (Å²) in [7, 11) is 3.34. The number of amides is 1. The number of nitrogens with one attached hydrogen (secondary N) is 2. The molecule has 0 saturated carbocycles. The minimum Gasteiger partial charge on any atom is -0.493 e. The monoisotopic (exact) mass is 492 g/mol. The molecule has 9 nitrogen and oxygen atoms in total. The highest BCUT2D eigenvalue weighted by atomic mass is 16.5. The molecule has 0 unspecified atom stereocenters. The molecule has 0 fully saturated rings. The van der Waals surface area contributed by atoms with Crippen molar-refractivity contribution in [3.05, 3.63) is 52.1 Å². The second-order valence-corrected chi connectivity index (χ2v) is 10.1. The number of carbonyl (C=O) groups excluding carboxylic acids is 3. The van der Waals surface area contributed by atoms with Gasteiger partial charge in [-0.15, -0.1) is 0 Å². The lowest BCUT2D eigenvalue weighted by Crippen LogP contribution is -2.36. The highest BCUT2D eigenvalue weighted by Crippen LogP contribution is 2.42. The van der Waals surface area contributed by atoms with Crippen LogP contribution in [0.15, 0.2) is 24.3 Å². The molecule has 2 aromatic rings. The maximum atomic E-state index is 13.5. The first-order chi connectivity index (χ1) is 16.9. The van der Waals surface area contributed by atoms with E-state index >= 15 is 0 Å². The molecule has 0 radical (unpaired) electrons. The van der Waals surface area contributed by atoms with Gasteiger partial charge >= 0.3 is 5.97 Å². The van der Waals surface area contributed by atoms with Crippen LogP contribution >= 0.6 is 0 Å². The predicted octanol–water partition coefficient (Wildman–Crippen LogP) is 3.12. The first-order valence-corrected chi connectivity index (χ1v) is 11.9. The summed E-state index contributed by atoms with van der Waals surface area (Å²) >= 11 is 0. The quantitative estimate of drug-likeness (QED) is 0.362. The van der Waals surface area contributed by atoms with E-state index in [1.807, 2.05) is 27.7 Å². The number of hydrogen-bond donors (Lipinski definition) is 2. The Morgan fingerprint density at radius 1 is 1.17 bits per heavy atom. The smallest absolute Gasteiger partial charge is 0.331 e. The number of rotatable bonds is 6. The summed E-state index contributed by atoms with van der Waals surface area (Å²) in [6, 6.07) is 6.98. The summed E-state index contributed by atoms with van der Waals surface area (Å²) in [4.78, 5) is 41.4. The van der Waals surface area contributed by atoms with Crippen LogP contribution in [0.4, 0.5) is 5.69 Å². The van der Waals surface area contributed by atoms with Gasteiger partial charge in [-0.1, -0.05) is 20.8 Å². The van der Waals surface area contributed by atoms with Crippen molar-refractivity contribution in [2.45, 2.75) is 39.7 Å². The molecular formula is C27H32N4O5. The fraction of sp³-hybridized carbons (Fsp3) is 0.407. The molecule has 2 aliphatic heterocycles. The normalized spacial score (nSPS) is 14.8. The first kappa shape index (κ1) is 25.2. The molecular weight excluding hydrogens is 460 g/mol. The van der Waals surface area contributed by atoms with Gasteiger partial charge < -0.3 is 24.6 Å². The Hall–Kier alpha value is -3.88. The average Bonchev–Trinajstić information content (AvgIpc) is 3.11. The van der Waals surface area contributed by atoms with Crippen LogP contribution in [0.1, 0.15) is 65.1 Å². The number of ether oxygens (including phenoxy) is 2. The van der Waals surface area contributed by atoms with Crippen LogP contribution in [0, 0.1) is 5.41 Å². The van der Waals surface area contributed by atoms with Gasteiger partial charge in [-0.2, -0.15) is 0 Å². The van der Waals surface area contributed by atoms with Crippen LogP contribution in [0.3, 0.4) is 0 Å². The number of amidine groups is 1. The standard InChI is InChI=1S/C27H32N4O5/c1-7-35-22-10-16-12-31(25(28)17(16)11-18(22)26(34)29-5)13-21(32)15-8-19(27(2,3)4)24-20(9-15)30(6)14-23(33)36-24/h8-11,28H,7,12-14H2,1-6H3,(H,29,34). The van der Waals surface area contributed by atoms with Crippen molar-refractivity contribution in [3.8, 4) is 11.5 Å². The highest BCUT2D eigenvalue weighted by molar-refractivity contribution is 6.08. The van der Waals surface area contributed by atoms with E-state index in [9.17, 15) is 14.4 Å². The molecule has 0 spiro atoms. The summed E-state index contributed by atoms with van der Waals surface area (Å²) in [5.41, 5.74) is 3.41. The molecule has 0 saturated heterocycles. The van der Waals surface area contributed by atoms with E-state index in [0.29, 0.717) is 47.0 Å². The third kappa shape index (κ3) is 4.53. The number of hydrogen-bond acceptors (Lipinski definition) is 7. The van der Waals surface area contributed by atoms with Gasteiger partial charge in [0, 0.05) is 37.3 Å². The van der Waals surface area contributed by atoms with Crippen LogP contribution in [-0.4, -0.2) is 62.2 Å². The second kappa shape index (κ2) is 9.29. The van der Waals surface area contributed by atoms with Crippen LogP contribution < -0.4 is 19.7 Å². The third-order valence-electron chi connectivity index (χ3n) is 6.44. The lowest BCUT2D eigenvalue weighted by atomic mass is 9.84. The molecule has 9 heteroatoms. The summed E-state index contributed by atoms with van der Waals surface area (Å²) in [5.74, 6) is 0.356. The molecule has 0 atom stereocenters. The molecule has 2 aliphatic rings. The Kier molecular flexibility index (Phi) is 6.51. The summed E-state index contributed by atoms with van der Waals surface area (Å²) < 4.78 is 11.2. The highest BCUT2D eigenvalue weighted by Gasteiger charge is 2.33. The van der Waals surface area contributed by atoms with Gasteiger partial charge in [0.2, 0.25) is 0 Å². The van der Waals surface area contributed by atoms with E-state index in [1.54, 1.807) is 48.2 Å². The molecule has 0 aromatic heterocycles. The van der Waals surface area contributed by atoms with Gasteiger partial charge in [0.25, 0.3) is 5.91 Å². The number of carbonyl (C=O) groups is 3. The van der Waals surface area contributed by atoms with Crippen LogP contribution in [0.25, 0.3) is 0 Å². The molecule has 2 N–H and O–H groups in total. The van der Waals surface area contributed by atoms with Crippen molar-refractivity contribution >= 4 is 29.2 Å². The second-order valence-electron chi connectivity index (χ2n) is 10.1. The Balaban J connectivity index is 1.65. The minimum atomic E-state index is -0.360. The Morgan fingerprint density at radius 2 is 1.89 bits per heavy atom. The lowest BCUT2D eigenvalue weighted by molar-refractivity contribution is -0.133. The van der Waals surface area contributed by atoms with E-state index in [1.165, 1.54) is 0 Å². The van der Waals surface area contributed by atoms with Crippen molar-refractivity contribution in [3.63, 3.8) is 0 Å². The fourth-order valence-corrected chi connectivity index (χ4v) is 4.56. The number of nitrogens with zero attached hydrogens (tertiary/aromatic N) is 2. The minimum absolute atomic E-state index is 0.00133. The molecule has 2 heterocycles. The van der Waals surface area contributed by atoms with Crippen LogP contribution in [0.5, 0.6) is 11.5 Å². The number of fused-ring (bicyclic) bond motifs is 2.